The number of nitrogens with zero attached hydrogens (tertiary/aromatic N) is 3. The zero-order valence-corrected chi connectivity index (χ0v) is 16.9. The molecular weight excluding hydrogens is 395 g/mol. The van der Waals surface area contributed by atoms with Crippen molar-refractivity contribution >= 4 is 23.5 Å². The van der Waals surface area contributed by atoms with Gasteiger partial charge in [0.2, 0.25) is 0 Å². The van der Waals surface area contributed by atoms with Crippen molar-refractivity contribution in [1.29, 1.82) is 0 Å². The van der Waals surface area contributed by atoms with Crippen LogP contribution in [0, 0.1) is 16.6 Å². The molecule has 3 saturated carbocycles. The van der Waals surface area contributed by atoms with Crippen LogP contribution in [0.25, 0.3) is 5.65 Å². The summed E-state index contributed by atoms with van der Waals surface area (Å²) >= 11 is 0. The Bertz CT molecular complexity index is 1010. The van der Waals surface area contributed by atoms with E-state index in [1.165, 1.54) is 20.3 Å². The van der Waals surface area contributed by atoms with E-state index < -0.39 is 17.7 Å². The second-order valence-corrected chi connectivity index (χ2v) is 8.20. The van der Waals surface area contributed by atoms with E-state index in [2.05, 4.69) is 20.1 Å². The third-order valence-electron chi connectivity index (χ3n) is 6.70. The highest BCUT2D eigenvalue weighted by molar-refractivity contribution is 5.96. The summed E-state index contributed by atoms with van der Waals surface area (Å²) in [4.78, 5) is 40.8. The van der Waals surface area contributed by atoms with E-state index >= 15 is 0 Å². The van der Waals surface area contributed by atoms with Gasteiger partial charge in [-0.05, 0) is 43.9 Å². The molecule has 5 rings (SSSR count). The van der Waals surface area contributed by atoms with Crippen LogP contribution in [0.4, 0.5) is 4.39 Å². The van der Waals surface area contributed by atoms with E-state index in [4.69, 9.17) is 4.74 Å². The van der Waals surface area contributed by atoms with Gasteiger partial charge < -0.3 is 14.8 Å². The lowest BCUT2D eigenvalue weighted by Crippen LogP contribution is -2.50. The molecule has 0 aromatic carbocycles. The van der Waals surface area contributed by atoms with E-state index in [0.717, 1.165) is 49.2 Å². The predicted molar refractivity (Wildman–Crippen MR) is 101 cm³/mol. The lowest BCUT2D eigenvalue weighted by atomic mass is 9.53. The van der Waals surface area contributed by atoms with Crippen molar-refractivity contribution in [1.82, 2.24) is 19.9 Å². The smallest absolute Gasteiger partial charge is 0.356 e. The maximum Gasteiger partial charge on any atom is 0.356 e. The van der Waals surface area contributed by atoms with Gasteiger partial charge in [-0.15, -0.1) is 0 Å². The van der Waals surface area contributed by atoms with Gasteiger partial charge in [0.25, 0.3) is 5.91 Å². The summed E-state index contributed by atoms with van der Waals surface area (Å²) in [6, 6.07) is 1.24. The number of hydrogen-bond acceptors (Lipinski definition) is 7. The molecule has 0 radical (unpaired) electrons. The quantitative estimate of drug-likeness (QED) is 0.738. The highest BCUT2D eigenvalue weighted by atomic mass is 19.1. The standard InChI is InChI=1S/C20H23FN4O5/c1-29-17(27)13-9-14(25-15(24-13)12(21)10-23-25)16(26)22-11-19-3-6-20(7-4-19,8-5-19)18(28)30-2/h9-10H,3-8,11H2,1-2H3,(H,22,26). The average Bonchev–Trinajstić information content (AvgIpc) is 3.17. The Morgan fingerprint density at radius 2 is 1.80 bits per heavy atom. The minimum absolute atomic E-state index is 0.00349. The normalized spacial score (nSPS) is 25.2. The first-order valence-electron chi connectivity index (χ1n) is 9.82. The molecule has 1 amide bonds. The molecule has 2 bridgehead atoms. The van der Waals surface area contributed by atoms with Gasteiger partial charge in [-0.25, -0.2) is 18.7 Å². The molecule has 0 spiro atoms. The molecule has 0 saturated heterocycles. The molecule has 0 unspecified atom stereocenters. The number of aromatic nitrogens is 3. The van der Waals surface area contributed by atoms with Gasteiger partial charge >= 0.3 is 11.9 Å². The largest absolute Gasteiger partial charge is 0.469 e. The molecule has 9 nitrogen and oxygen atoms in total. The highest BCUT2D eigenvalue weighted by Gasteiger charge is 2.53. The number of rotatable bonds is 5. The zero-order chi connectivity index (χ0) is 21.5. The Morgan fingerprint density at radius 1 is 1.13 bits per heavy atom. The van der Waals surface area contributed by atoms with Gasteiger partial charge in [-0.2, -0.15) is 5.10 Å². The number of halogens is 1. The first-order chi connectivity index (χ1) is 14.3. The minimum atomic E-state index is -0.774. The number of methoxy groups -OCH3 is 2. The Morgan fingerprint density at radius 3 is 2.40 bits per heavy atom. The van der Waals surface area contributed by atoms with Crippen molar-refractivity contribution in [2.24, 2.45) is 10.8 Å². The SMILES string of the molecule is COC(=O)c1cc(C(=O)NCC23CCC(C(=O)OC)(CC2)CC3)n2ncc(F)c2n1. The predicted octanol–water partition coefficient (Wildman–Crippen LogP) is 1.90. The van der Waals surface area contributed by atoms with Gasteiger partial charge in [0.1, 0.15) is 5.69 Å². The summed E-state index contributed by atoms with van der Waals surface area (Å²) in [6.07, 6.45) is 5.62. The Balaban J connectivity index is 1.52. The van der Waals surface area contributed by atoms with Crippen LogP contribution in [0.5, 0.6) is 0 Å². The summed E-state index contributed by atoms with van der Waals surface area (Å²) in [5, 5.41) is 6.77. The molecule has 2 aromatic heterocycles. The number of hydrogen-bond donors (Lipinski definition) is 1. The summed E-state index contributed by atoms with van der Waals surface area (Å²) in [5.74, 6) is -2.15. The lowest BCUT2D eigenvalue weighted by Gasteiger charge is -2.51. The molecule has 1 N–H and O–H groups in total. The van der Waals surface area contributed by atoms with Crippen LogP contribution in [-0.4, -0.2) is 53.2 Å². The number of esters is 2. The maximum absolute atomic E-state index is 14.0. The fourth-order valence-electron chi connectivity index (χ4n) is 4.72. The van der Waals surface area contributed by atoms with Crippen molar-refractivity contribution in [3.8, 4) is 0 Å². The molecule has 3 fully saturated rings. The minimum Gasteiger partial charge on any atom is -0.469 e. The number of fused-ring (bicyclic) bond motifs is 4. The first kappa shape index (κ1) is 20.2. The van der Waals surface area contributed by atoms with Crippen molar-refractivity contribution < 1.29 is 28.2 Å². The number of nitrogens with one attached hydrogen (secondary N) is 1. The van der Waals surface area contributed by atoms with Crippen LogP contribution in [0.1, 0.15) is 59.5 Å². The molecule has 3 aliphatic carbocycles. The molecule has 2 heterocycles. The molecule has 2 aromatic rings. The fourth-order valence-corrected chi connectivity index (χ4v) is 4.72. The van der Waals surface area contributed by atoms with Crippen LogP contribution >= 0.6 is 0 Å². The Kier molecular flexibility index (Phi) is 4.95. The van der Waals surface area contributed by atoms with Gasteiger partial charge in [-0.1, -0.05) is 0 Å². The monoisotopic (exact) mass is 418 g/mol. The molecule has 0 atom stereocenters. The topological polar surface area (TPSA) is 112 Å². The van der Waals surface area contributed by atoms with E-state index in [0.29, 0.717) is 6.54 Å². The lowest BCUT2D eigenvalue weighted by molar-refractivity contribution is -0.162. The first-order valence-corrected chi connectivity index (χ1v) is 9.82. The van der Waals surface area contributed by atoms with Crippen LogP contribution < -0.4 is 5.32 Å². The number of carbonyl (C=O) groups excluding carboxylic acids is 3. The summed E-state index contributed by atoms with van der Waals surface area (Å²) in [7, 11) is 2.60. The molecule has 0 aliphatic heterocycles. The summed E-state index contributed by atoms with van der Waals surface area (Å²) in [6.45, 7) is 0.421. The third-order valence-corrected chi connectivity index (χ3v) is 6.70. The molecular formula is C20H23FN4O5. The second kappa shape index (κ2) is 7.33. The molecule has 30 heavy (non-hydrogen) atoms. The van der Waals surface area contributed by atoms with Crippen LogP contribution in [0.2, 0.25) is 0 Å². The summed E-state index contributed by atoms with van der Waals surface area (Å²) < 4.78 is 24.7. The van der Waals surface area contributed by atoms with E-state index in [1.54, 1.807) is 0 Å². The zero-order valence-electron chi connectivity index (χ0n) is 16.9. The highest BCUT2D eigenvalue weighted by Crippen LogP contribution is 2.57. The second-order valence-electron chi connectivity index (χ2n) is 8.20. The van der Waals surface area contributed by atoms with E-state index in [1.807, 2.05) is 0 Å². The van der Waals surface area contributed by atoms with Crippen LogP contribution in [0.15, 0.2) is 12.3 Å². The number of ether oxygens (including phenoxy) is 2. The molecule has 10 heteroatoms. The maximum atomic E-state index is 14.0. The van der Waals surface area contributed by atoms with Gasteiger partial charge in [0.15, 0.2) is 17.2 Å². The van der Waals surface area contributed by atoms with Gasteiger partial charge in [0.05, 0.1) is 25.8 Å². The van der Waals surface area contributed by atoms with Crippen LogP contribution in [0.3, 0.4) is 0 Å². The molecule has 160 valence electrons. The van der Waals surface area contributed by atoms with E-state index in [9.17, 15) is 18.8 Å². The van der Waals surface area contributed by atoms with Crippen LogP contribution in [-0.2, 0) is 14.3 Å². The molecule has 3 aliphatic rings. The van der Waals surface area contributed by atoms with Crippen molar-refractivity contribution in [3.63, 3.8) is 0 Å². The number of amides is 1. The fraction of sp³-hybridized carbons (Fsp3) is 0.550. The summed E-state index contributed by atoms with van der Waals surface area (Å²) in [5.41, 5.74) is -0.876. The van der Waals surface area contributed by atoms with Gasteiger partial charge in [0, 0.05) is 12.6 Å². The van der Waals surface area contributed by atoms with Crippen molar-refractivity contribution in [2.45, 2.75) is 38.5 Å². The Hall–Kier alpha value is -3.04. The average molecular weight is 418 g/mol. The van der Waals surface area contributed by atoms with Crippen molar-refractivity contribution in [2.75, 3.05) is 20.8 Å². The number of carbonyl (C=O) groups is 3. The van der Waals surface area contributed by atoms with Gasteiger partial charge in [-0.3, -0.25) is 9.59 Å². The van der Waals surface area contributed by atoms with Crippen molar-refractivity contribution in [3.05, 3.63) is 29.5 Å². The van der Waals surface area contributed by atoms with E-state index in [-0.39, 0.29) is 33.8 Å². The Labute approximate surface area is 171 Å². The third kappa shape index (κ3) is 3.20.